The number of aliphatic hydroxyl groups excluding tert-OH is 1. The molecular formula is C27H29ClN4O4. The summed E-state index contributed by atoms with van der Waals surface area (Å²) in [6.45, 7) is 4.02. The Morgan fingerprint density at radius 2 is 1.89 bits per heavy atom. The van der Waals surface area contributed by atoms with E-state index in [0.29, 0.717) is 35.1 Å². The van der Waals surface area contributed by atoms with Crippen molar-refractivity contribution in [3.63, 3.8) is 0 Å². The van der Waals surface area contributed by atoms with Gasteiger partial charge in [0.1, 0.15) is 5.75 Å². The molecular weight excluding hydrogens is 480 g/mol. The summed E-state index contributed by atoms with van der Waals surface area (Å²) in [6, 6.07) is 19.1. The van der Waals surface area contributed by atoms with Crippen molar-refractivity contribution in [3.05, 3.63) is 94.0 Å². The molecule has 0 saturated carbocycles. The highest BCUT2D eigenvalue weighted by Gasteiger charge is 2.16. The van der Waals surface area contributed by atoms with Crippen LogP contribution in [0.5, 0.6) is 5.75 Å². The van der Waals surface area contributed by atoms with Crippen molar-refractivity contribution in [2.24, 2.45) is 5.10 Å². The Bertz CT molecular complexity index is 1230. The van der Waals surface area contributed by atoms with Gasteiger partial charge in [0, 0.05) is 23.7 Å². The van der Waals surface area contributed by atoms with Crippen molar-refractivity contribution >= 4 is 35.3 Å². The number of hydrazone groups is 1. The predicted octanol–water partition coefficient (Wildman–Crippen LogP) is 4.18. The van der Waals surface area contributed by atoms with Gasteiger partial charge in [-0.2, -0.15) is 5.10 Å². The summed E-state index contributed by atoms with van der Waals surface area (Å²) in [5, 5.41) is 16.4. The van der Waals surface area contributed by atoms with Gasteiger partial charge in [0.05, 0.1) is 31.2 Å². The third-order valence-electron chi connectivity index (χ3n) is 5.41. The van der Waals surface area contributed by atoms with Crippen molar-refractivity contribution in [2.75, 3.05) is 32.1 Å². The number of hydrogen-bond donors (Lipinski definition) is 3. The van der Waals surface area contributed by atoms with Gasteiger partial charge in [-0.25, -0.2) is 5.43 Å². The zero-order valence-corrected chi connectivity index (χ0v) is 21.0. The van der Waals surface area contributed by atoms with Crippen LogP contribution in [-0.2, 0) is 6.54 Å². The van der Waals surface area contributed by atoms with E-state index in [1.54, 1.807) is 43.5 Å². The molecule has 0 atom stereocenters. The molecule has 9 heteroatoms. The fourth-order valence-corrected chi connectivity index (χ4v) is 3.69. The SMILES string of the molecule is CCN(CCO)Cc1cccc(C(=O)Nc2ccc(Cl)cc2C(=O)N/N=C/c2cccc(OC)c2)c1. The minimum absolute atomic E-state index is 0.0685. The van der Waals surface area contributed by atoms with Crippen LogP contribution >= 0.6 is 11.6 Å². The van der Waals surface area contributed by atoms with Crippen LogP contribution in [0.2, 0.25) is 5.02 Å². The Morgan fingerprint density at radius 3 is 2.64 bits per heavy atom. The maximum absolute atomic E-state index is 13.0. The van der Waals surface area contributed by atoms with Crippen LogP contribution < -0.4 is 15.5 Å². The molecule has 188 valence electrons. The number of benzene rings is 3. The smallest absolute Gasteiger partial charge is 0.273 e. The third kappa shape index (κ3) is 7.64. The summed E-state index contributed by atoms with van der Waals surface area (Å²) in [6.07, 6.45) is 1.49. The minimum atomic E-state index is -0.525. The number of anilines is 1. The highest BCUT2D eigenvalue weighted by atomic mass is 35.5. The molecule has 3 aromatic rings. The number of likely N-dealkylation sites (N-methyl/N-ethyl adjacent to an activating group) is 1. The molecule has 0 unspecified atom stereocenters. The molecule has 0 radical (unpaired) electrons. The van der Waals surface area contributed by atoms with Crippen LogP contribution in [-0.4, -0.2) is 54.8 Å². The van der Waals surface area contributed by atoms with Gasteiger partial charge >= 0.3 is 0 Å². The monoisotopic (exact) mass is 508 g/mol. The van der Waals surface area contributed by atoms with E-state index in [-0.39, 0.29) is 18.1 Å². The minimum Gasteiger partial charge on any atom is -0.497 e. The van der Waals surface area contributed by atoms with Crippen molar-refractivity contribution in [2.45, 2.75) is 13.5 Å². The molecule has 3 N–H and O–H groups in total. The first-order valence-electron chi connectivity index (χ1n) is 11.4. The number of carbonyl (C=O) groups is 2. The molecule has 0 aliphatic rings. The number of methoxy groups -OCH3 is 1. The van der Waals surface area contributed by atoms with E-state index in [2.05, 4.69) is 20.7 Å². The van der Waals surface area contributed by atoms with Crippen LogP contribution in [0, 0.1) is 0 Å². The number of halogens is 1. The Hall–Kier alpha value is -3.72. The Labute approximate surface area is 215 Å². The van der Waals surface area contributed by atoms with Gasteiger partial charge in [0.2, 0.25) is 0 Å². The van der Waals surface area contributed by atoms with Crippen molar-refractivity contribution in [3.8, 4) is 5.75 Å². The summed E-state index contributed by atoms with van der Waals surface area (Å²) >= 11 is 6.12. The Balaban J connectivity index is 1.73. The molecule has 0 aliphatic carbocycles. The van der Waals surface area contributed by atoms with Gasteiger partial charge < -0.3 is 15.2 Å². The fraction of sp³-hybridized carbons (Fsp3) is 0.222. The van der Waals surface area contributed by atoms with Crippen LogP contribution in [0.3, 0.4) is 0 Å². The normalized spacial score (nSPS) is 11.0. The molecule has 0 aliphatic heterocycles. The van der Waals surface area contributed by atoms with E-state index in [0.717, 1.165) is 17.7 Å². The van der Waals surface area contributed by atoms with E-state index < -0.39 is 5.91 Å². The second-order valence-corrected chi connectivity index (χ2v) is 8.35. The first-order valence-corrected chi connectivity index (χ1v) is 11.8. The molecule has 8 nitrogen and oxygen atoms in total. The highest BCUT2D eigenvalue weighted by molar-refractivity contribution is 6.31. The second-order valence-electron chi connectivity index (χ2n) is 7.91. The van der Waals surface area contributed by atoms with E-state index in [1.807, 2.05) is 31.2 Å². The molecule has 0 saturated heterocycles. The lowest BCUT2D eigenvalue weighted by Gasteiger charge is -2.19. The lowest BCUT2D eigenvalue weighted by Crippen LogP contribution is -2.26. The largest absolute Gasteiger partial charge is 0.497 e. The molecule has 0 spiro atoms. The van der Waals surface area contributed by atoms with Gasteiger partial charge in [0.15, 0.2) is 0 Å². The zero-order chi connectivity index (χ0) is 25.9. The number of carbonyl (C=O) groups excluding carboxylic acids is 2. The topological polar surface area (TPSA) is 103 Å². The van der Waals surface area contributed by atoms with Crippen LogP contribution in [0.25, 0.3) is 0 Å². The fourth-order valence-electron chi connectivity index (χ4n) is 3.51. The number of nitrogens with one attached hydrogen (secondary N) is 2. The summed E-state index contributed by atoms with van der Waals surface area (Å²) < 4.78 is 5.18. The molecule has 0 fully saturated rings. The third-order valence-corrected chi connectivity index (χ3v) is 5.64. The van der Waals surface area contributed by atoms with Crippen LogP contribution in [0.15, 0.2) is 71.8 Å². The number of aliphatic hydroxyl groups is 1. The lowest BCUT2D eigenvalue weighted by molar-refractivity contribution is 0.0956. The van der Waals surface area contributed by atoms with Crippen molar-refractivity contribution in [1.82, 2.24) is 10.3 Å². The highest BCUT2D eigenvalue weighted by Crippen LogP contribution is 2.22. The van der Waals surface area contributed by atoms with Crippen LogP contribution in [0.1, 0.15) is 38.8 Å². The molecule has 3 aromatic carbocycles. The zero-order valence-electron chi connectivity index (χ0n) is 20.2. The summed E-state index contributed by atoms with van der Waals surface area (Å²) in [5.74, 6) is -0.216. The predicted molar refractivity (Wildman–Crippen MR) is 142 cm³/mol. The summed E-state index contributed by atoms with van der Waals surface area (Å²) in [5.41, 5.74) is 5.09. The van der Waals surface area contributed by atoms with Crippen LogP contribution in [0.4, 0.5) is 5.69 Å². The second kappa shape index (κ2) is 13.4. The molecule has 36 heavy (non-hydrogen) atoms. The average Bonchev–Trinajstić information content (AvgIpc) is 2.89. The molecule has 2 amide bonds. The molecule has 0 aromatic heterocycles. The number of ether oxygens (including phenoxy) is 1. The van der Waals surface area contributed by atoms with E-state index in [1.165, 1.54) is 12.3 Å². The van der Waals surface area contributed by atoms with Crippen molar-refractivity contribution in [1.29, 1.82) is 0 Å². The molecule has 0 bridgehead atoms. The number of hydrogen-bond acceptors (Lipinski definition) is 6. The lowest BCUT2D eigenvalue weighted by atomic mass is 10.1. The van der Waals surface area contributed by atoms with Crippen molar-refractivity contribution < 1.29 is 19.4 Å². The number of nitrogens with zero attached hydrogens (tertiary/aromatic N) is 2. The van der Waals surface area contributed by atoms with Gasteiger partial charge in [0.25, 0.3) is 11.8 Å². The quantitative estimate of drug-likeness (QED) is 0.266. The van der Waals surface area contributed by atoms with Gasteiger partial charge in [-0.05, 0) is 60.1 Å². The maximum Gasteiger partial charge on any atom is 0.273 e. The standard InChI is InChI=1S/C27H29ClN4O4/c1-3-32(12-13-33)18-20-7-4-8-21(14-20)26(34)30-25-11-10-22(28)16-24(25)27(35)31-29-17-19-6-5-9-23(15-19)36-2/h4-11,14-17,33H,3,12-13,18H2,1-2H3,(H,30,34)(H,31,35)/b29-17+. The molecule has 0 heterocycles. The average molecular weight is 509 g/mol. The van der Waals surface area contributed by atoms with E-state index in [9.17, 15) is 14.7 Å². The number of amides is 2. The van der Waals surface area contributed by atoms with E-state index in [4.69, 9.17) is 16.3 Å². The summed E-state index contributed by atoms with van der Waals surface area (Å²) in [4.78, 5) is 27.9. The van der Waals surface area contributed by atoms with Gasteiger partial charge in [-0.1, -0.05) is 42.8 Å². The Kier molecular flexibility index (Phi) is 10.00. The number of rotatable bonds is 11. The Morgan fingerprint density at radius 1 is 1.08 bits per heavy atom. The maximum atomic E-state index is 13.0. The first-order chi connectivity index (χ1) is 17.4. The van der Waals surface area contributed by atoms with Gasteiger partial charge in [-0.3, -0.25) is 14.5 Å². The van der Waals surface area contributed by atoms with E-state index >= 15 is 0 Å². The first kappa shape index (κ1) is 26.9. The summed E-state index contributed by atoms with van der Waals surface area (Å²) in [7, 11) is 1.57. The molecule has 3 rings (SSSR count). The van der Waals surface area contributed by atoms with Gasteiger partial charge in [-0.15, -0.1) is 0 Å².